The van der Waals surface area contributed by atoms with Crippen LogP contribution in [0.3, 0.4) is 0 Å². The van der Waals surface area contributed by atoms with Crippen molar-refractivity contribution in [1.82, 2.24) is 5.16 Å². The van der Waals surface area contributed by atoms with E-state index in [-0.39, 0.29) is 0 Å². The van der Waals surface area contributed by atoms with Crippen LogP contribution in [-0.2, 0) is 15.6 Å². The van der Waals surface area contributed by atoms with E-state index in [2.05, 4.69) is 5.16 Å². The van der Waals surface area contributed by atoms with E-state index in [9.17, 15) is 8.42 Å². The van der Waals surface area contributed by atoms with E-state index >= 15 is 0 Å². The number of rotatable bonds is 4. The normalized spacial score (nSPS) is 11.7. The van der Waals surface area contributed by atoms with Gasteiger partial charge in [-0.05, 0) is 19.1 Å². The van der Waals surface area contributed by atoms with Crippen LogP contribution >= 0.6 is 11.8 Å². The highest BCUT2D eigenvalue weighted by Gasteiger charge is 2.13. The van der Waals surface area contributed by atoms with Crippen LogP contribution in [0.2, 0.25) is 0 Å². The molecule has 0 saturated heterocycles. The largest absolute Gasteiger partial charge is 0.360 e. The van der Waals surface area contributed by atoms with E-state index in [1.165, 1.54) is 18.0 Å². The van der Waals surface area contributed by atoms with E-state index in [4.69, 9.17) is 4.52 Å². The number of nitrogens with zero attached hydrogens (tertiary/aromatic N) is 1. The van der Waals surface area contributed by atoms with Gasteiger partial charge in [0.2, 0.25) is 0 Å². The van der Waals surface area contributed by atoms with E-state index in [1.54, 1.807) is 18.2 Å². The molecule has 0 atom stereocenters. The van der Waals surface area contributed by atoms with Crippen LogP contribution < -0.4 is 0 Å². The van der Waals surface area contributed by atoms with Crippen molar-refractivity contribution in [3.63, 3.8) is 0 Å². The van der Waals surface area contributed by atoms with Crippen molar-refractivity contribution in [1.29, 1.82) is 0 Å². The molecule has 4 nitrogen and oxygen atoms in total. The van der Waals surface area contributed by atoms with E-state index in [0.717, 1.165) is 16.3 Å². The van der Waals surface area contributed by atoms with Gasteiger partial charge in [0.15, 0.2) is 9.84 Å². The van der Waals surface area contributed by atoms with Crippen molar-refractivity contribution in [2.75, 3.05) is 6.26 Å². The Morgan fingerprint density at radius 2 is 2.06 bits per heavy atom. The molecule has 0 N–H and O–H groups in total. The molecule has 0 bridgehead atoms. The highest BCUT2D eigenvalue weighted by atomic mass is 32.2. The van der Waals surface area contributed by atoms with Gasteiger partial charge in [-0.3, -0.25) is 0 Å². The van der Waals surface area contributed by atoms with Crippen LogP contribution in [0.5, 0.6) is 0 Å². The van der Waals surface area contributed by atoms with Crippen molar-refractivity contribution >= 4 is 21.6 Å². The summed E-state index contributed by atoms with van der Waals surface area (Å²) in [7, 11) is -3.20. The van der Waals surface area contributed by atoms with Gasteiger partial charge in [0, 0.05) is 17.2 Å². The molecule has 0 spiro atoms. The zero-order valence-electron chi connectivity index (χ0n) is 10.1. The summed E-state index contributed by atoms with van der Waals surface area (Å²) in [5, 5.41) is 3.79. The Morgan fingerprint density at radius 3 is 2.67 bits per heavy atom. The topological polar surface area (TPSA) is 60.2 Å². The Labute approximate surface area is 110 Å². The van der Waals surface area contributed by atoms with Gasteiger partial charge in [0.05, 0.1) is 16.3 Å². The van der Waals surface area contributed by atoms with Crippen LogP contribution in [0.25, 0.3) is 0 Å². The number of hydrogen-bond acceptors (Lipinski definition) is 5. The molecule has 6 heteroatoms. The third-order valence-corrected chi connectivity index (χ3v) is 4.68. The lowest BCUT2D eigenvalue weighted by Crippen LogP contribution is -1.98. The summed E-state index contributed by atoms with van der Waals surface area (Å²) in [6.45, 7) is 1.85. The molecular weight excluding hydrogens is 270 g/mol. The molecular formula is C12H13NO3S2. The van der Waals surface area contributed by atoms with E-state index < -0.39 is 9.84 Å². The molecule has 0 fully saturated rings. The molecule has 96 valence electrons. The third-order valence-electron chi connectivity index (χ3n) is 2.30. The maximum Gasteiger partial charge on any atom is 0.176 e. The minimum absolute atomic E-state index is 0.353. The molecule has 1 heterocycles. The van der Waals surface area contributed by atoms with Gasteiger partial charge in [-0.15, -0.1) is 11.8 Å². The maximum absolute atomic E-state index is 11.6. The second kappa shape index (κ2) is 5.16. The van der Waals surface area contributed by atoms with Crippen LogP contribution in [0, 0.1) is 6.92 Å². The predicted octanol–water partition coefficient (Wildman–Crippen LogP) is 2.68. The highest BCUT2D eigenvalue weighted by molar-refractivity contribution is 7.99. The quantitative estimate of drug-likeness (QED) is 0.807. The van der Waals surface area contributed by atoms with Crippen LogP contribution in [0.15, 0.2) is 44.6 Å². The van der Waals surface area contributed by atoms with E-state index in [1.807, 2.05) is 19.1 Å². The summed E-state index contributed by atoms with van der Waals surface area (Å²) in [6.07, 6.45) is 1.21. The van der Waals surface area contributed by atoms with Gasteiger partial charge in [-0.2, -0.15) is 0 Å². The van der Waals surface area contributed by atoms with Gasteiger partial charge in [0.25, 0.3) is 0 Å². The van der Waals surface area contributed by atoms with Crippen molar-refractivity contribution in [2.45, 2.75) is 22.5 Å². The summed E-state index contributed by atoms with van der Waals surface area (Å²) >= 11 is 1.43. The Hall–Kier alpha value is -1.27. The maximum atomic E-state index is 11.6. The third kappa shape index (κ3) is 3.14. The Kier molecular flexibility index (Phi) is 3.77. The zero-order chi connectivity index (χ0) is 13.2. The van der Waals surface area contributed by atoms with Gasteiger partial charge in [0.1, 0.15) is 5.76 Å². The Bertz CT molecular complexity index is 647. The van der Waals surface area contributed by atoms with Crippen molar-refractivity contribution in [2.24, 2.45) is 0 Å². The molecule has 0 radical (unpaired) electrons. The first-order chi connectivity index (χ1) is 8.47. The lowest BCUT2D eigenvalue weighted by Gasteiger charge is -2.05. The number of thioether (sulfide) groups is 1. The van der Waals surface area contributed by atoms with Crippen LogP contribution in [0.1, 0.15) is 11.5 Å². The molecule has 0 unspecified atom stereocenters. The molecule has 0 saturated carbocycles. The number of aryl methyl sites for hydroxylation is 1. The van der Waals surface area contributed by atoms with Gasteiger partial charge in [-0.25, -0.2) is 8.42 Å². The van der Waals surface area contributed by atoms with Crippen LogP contribution in [0.4, 0.5) is 0 Å². The minimum Gasteiger partial charge on any atom is -0.360 e. The summed E-state index contributed by atoms with van der Waals surface area (Å²) < 4.78 is 28.3. The number of sulfone groups is 1. The Balaban J connectivity index is 2.20. The first-order valence-corrected chi connectivity index (χ1v) is 8.18. The molecule has 1 aromatic carbocycles. The lowest BCUT2D eigenvalue weighted by atomic mass is 10.4. The minimum atomic E-state index is -3.20. The second-order valence-electron chi connectivity index (χ2n) is 3.94. The summed E-state index contributed by atoms with van der Waals surface area (Å²) in [4.78, 5) is 1.08. The fourth-order valence-electron chi connectivity index (χ4n) is 1.51. The summed E-state index contributed by atoms with van der Waals surface area (Å²) in [6, 6.07) is 8.80. The zero-order valence-corrected chi connectivity index (χ0v) is 11.7. The average Bonchev–Trinajstić information content (AvgIpc) is 2.72. The first kappa shape index (κ1) is 13.2. The van der Waals surface area contributed by atoms with Crippen LogP contribution in [-0.4, -0.2) is 19.8 Å². The summed E-state index contributed by atoms with van der Waals surface area (Å²) in [5.41, 5.74) is 0.821. The molecule has 1 aromatic heterocycles. The molecule has 18 heavy (non-hydrogen) atoms. The Morgan fingerprint density at radius 1 is 1.33 bits per heavy atom. The fourth-order valence-corrected chi connectivity index (χ4v) is 3.72. The van der Waals surface area contributed by atoms with Crippen molar-refractivity contribution in [3.8, 4) is 0 Å². The van der Waals surface area contributed by atoms with Gasteiger partial charge >= 0.3 is 0 Å². The second-order valence-corrected chi connectivity index (χ2v) is 6.94. The van der Waals surface area contributed by atoms with Crippen molar-refractivity contribution < 1.29 is 12.9 Å². The smallest absolute Gasteiger partial charge is 0.176 e. The summed E-state index contributed by atoms with van der Waals surface area (Å²) in [5.74, 6) is 1.30. The molecule has 2 rings (SSSR count). The monoisotopic (exact) mass is 283 g/mol. The molecule has 0 amide bonds. The van der Waals surface area contributed by atoms with E-state index in [0.29, 0.717) is 10.6 Å². The molecule has 2 aromatic rings. The first-order valence-electron chi connectivity index (χ1n) is 5.31. The number of hydrogen-bond donors (Lipinski definition) is 0. The fraction of sp³-hybridized carbons (Fsp3) is 0.250. The average molecular weight is 283 g/mol. The van der Waals surface area contributed by atoms with Crippen molar-refractivity contribution in [3.05, 3.63) is 41.8 Å². The number of aromatic nitrogens is 1. The standard InChI is InChI=1S/C12H13NO3S2/c1-9-7-10(16-13-9)8-17-11-5-3-4-6-12(11)18(2,14)15/h3-7H,8H2,1-2H3. The molecule has 0 aliphatic heterocycles. The molecule has 0 aliphatic rings. The predicted molar refractivity (Wildman–Crippen MR) is 70.4 cm³/mol. The lowest BCUT2D eigenvalue weighted by molar-refractivity contribution is 0.391. The number of benzene rings is 1. The van der Waals surface area contributed by atoms with Gasteiger partial charge < -0.3 is 4.52 Å². The molecule has 0 aliphatic carbocycles. The van der Waals surface area contributed by atoms with Gasteiger partial charge in [-0.1, -0.05) is 17.3 Å². The highest BCUT2D eigenvalue weighted by Crippen LogP contribution is 2.29. The SMILES string of the molecule is Cc1cc(CSc2ccccc2S(C)(=O)=O)on1.